The van der Waals surface area contributed by atoms with Gasteiger partial charge in [0.15, 0.2) is 24.0 Å². The zero-order valence-electron chi connectivity index (χ0n) is 21.1. The molecule has 0 radical (unpaired) electrons. The summed E-state index contributed by atoms with van der Waals surface area (Å²) in [5, 5.41) is 8.61. The second-order valence-electron chi connectivity index (χ2n) is 9.05. The standard InChI is InChI=1S/C20H24N5O14P3/c21-18-15-19(23-9-22-18)25(10-24-15)20-17-16(36-14(37-17)6-11-4-2-1-3-5-11)12(35-20)7-34-41(30,31)39-42(32,33)38-40(28,29)8-13(26)27/h1-5,9-10,12,14,16-17,20H,6-8H2,(H,26,27)(H,28,29)(H,30,31)(H,32,33)(H2,21,22,23)/t12-,14?,16?,17?,20-/m1/s1. The van der Waals surface area contributed by atoms with Gasteiger partial charge in [-0.25, -0.2) is 28.4 Å². The summed E-state index contributed by atoms with van der Waals surface area (Å²) in [4.78, 5) is 52.1. The highest BCUT2D eigenvalue weighted by Crippen LogP contribution is 2.67. The molecule has 2 saturated heterocycles. The predicted molar refractivity (Wildman–Crippen MR) is 137 cm³/mol. The van der Waals surface area contributed by atoms with Gasteiger partial charge in [0.05, 0.1) is 12.9 Å². The number of fused-ring (bicyclic) bond motifs is 2. The molecule has 6 N–H and O–H groups in total. The first kappa shape index (κ1) is 30.8. The highest BCUT2D eigenvalue weighted by atomic mass is 31.3. The number of ether oxygens (including phenoxy) is 3. The fraction of sp³-hybridized carbons (Fsp3) is 0.400. The topological polar surface area (TPSA) is 274 Å². The molecule has 5 rings (SSSR count). The van der Waals surface area contributed by atoms with E-state index in [0.717, 1.165) is 5.56 Å². The Bertz CT molecular complexity index is 1610. The van der Waals surface area contributed by atoms with Crippen LogP contribution in [0.2, 0.25) is 0 Å². The van der Waals surface area contributed by atoms with E-state index in [9.17, 15) is 33.2 Å². The largest absolute Gasteiger partial charge is 0.488 e. The molecule has 0 amide bonds. The summed E-state index contributed by atoms with van der Waals surface area (Å²) in [6.07, 6.45) is -3.17. The number of nitrogen functional groups attached to an aromatic ring is 1. The molecule has 22 heteroatoms. The molecule has 2 fully saturated rings. The van der Waals surface area contributed by atoms with E-state index < -0.39 is 72.8 Å². The van der Waals surface area contributed by atoms with Crippen molar-refractivity contribution in [3.8, 4) is 0 Å². The van der Waals surface area contributed by atoms with Crippen LogP contribution in [0.1, 0.15) is 11.8 Å². The minimum atomic E-state index is -5.76. The fourth-order valence-electron chi connectivity index (χ4n) is 4.41. The minimum Gasteiger partial charge on any atom is -0.481 e. The summed E-state index contributed by atoms with van der Waals surface area (Å²) in [7, 11) is -16.4. The van der Waals surface area contributed by atoms with Crippen molar-refractivity contribution in [3.05, 3.63) is 48.5 Å². The van der Waals surface area contributed by atoms with Crippen molar-refractivity contribution in [2.45, 2.75) is 37.3 Å². The van der Waals surface area contributed by atoms with Crippen LogP contribution in [0.5, 0.6) is 0 Å². The fourth-order valence-corrected chi connectivity index (χ4v) is 8.23. The van der Waals surface area contributed by atoms with Crippen molar-refractivity contribution in [3.63, 3.8) is 0 Å². The molecule has 42 heavy (non-hydrogen) atoms. The van der Waals surface area contributed by atoms with Crippen LogP contribution in [0.4, 0.5) is 5.82 Å². The molecule has 0 saturated carbocycles. The normalized spacial score (nSPS) is 28.1. The third-order valence-corrected chi connectivity index (χ3v) is 10.6. The second kappa shape index (κ2) is 11.8. The average molecular weight is 651 g/mol. The maximum absolute atomic E-state index is 12.5. The molecular weight excluding hydrogens is 627 g/mol. The highest BCUT2D eigenvalue weighted by molar-refractivity contribution is 7.68. The van der Waals surface area contributed by atoms with Crippen molar-refractivity contribution in [1.29, 1.82) is 0 Å². The first-order valence-electron chi connectivity index (χ1n) is 11.9. The van der Waals surface area contributed by atoms with Gasteiger partial charge in [-0.05, 0) is 5.56 Å². The van der Waals surface area contributed by atoms with Crippen molar-refractivity contribution in [1.82, 2.24) is 19.5 Å². The number of hydrogen-bond acceptors (Lipinski definition) is 14. The van der Waals surface area contributed by atoms with Gasteiger partial charge < -0.3 is 39.7 Å². The molecule has 3 aromatic rings. The number of hydrogen-bond donors (Lipinski definition) is 5. The molecule has 0 spiro atoms. The lowest BCUT2D eigenvalue weighted by atomic mass is 10.1. The Labute approximate surface area is 235 Å². The van der Waals surface area contributed by atoms with E-state index in [-0.39, 0.29) is 11.3 Å². The lowest BCUT2D eigenvalue weighted by Crippen LogP contribution is -2.31. The Morgan fingerprint density at radius 1 is 0.976 bits per heavy atom. The lowest BCUT2D eigenvalue weighted by Gasteiger charge is -2.22. The van der Waals surface area contributed by atoms with Gasteiger partial charge >= 0.3 is 29.2 Å². The van der Waals surface area contributed by atoms with Crippen molar-refractivity contribution in [2.75, 3.05) is 18.5 Å². The molecule has 6 unspecified atom stereocenters. The summed E-state index contributed by atoms with van der Waals surface area (Å²) >= 11 is 0. The van der Waals surface area contributed by atoms with Crippen LogP contribution in [0, 0.1) is 0 Å². The quantitative estimate of drug-likeness (QED) is 0.172. The number of anilines is 1. The number of benzene rings is 1. The second-order valence-corrected chi connectivity index (χ2v) is 14.1. The summed E-state index contributed by atoms with van der Waals surface area (Å²) in [5.74, 6) is -1.72. The SMILES string of the molecule is Nc1ncnc2c1ncn2[C@@H]1O[C@H](COP(=O)(O)OP(=O)(O)OP(=O)(O)CC(=O)O)C2OC(Cc3ccccc3)OC21. The molecule has 8 atom stereocenters. The molecule has 2 aliphatic heterocycles. The minimum absolute atomic E-state index is 0.114. The molecule has 1 aromatic carbocycles. The Hall–Kier alpha value is -2.63. The molecule has 19 nitrogen and oxygen atoms in total. The van der Waals surface area contributed by atoms with Crippen LogP contribution in [-0.2, 0) is 52.3 Å². The van der Waals surface area contributed by atoms with Crippen molar-refractivity contribution >= 4 is 46.2 Å². The first-order chi connectivity index (χ1) is 19.7. The number of carboxylic acids is 1. The number of nitrogens with two attached hydrogens (primary N) is 1. The maximum atomic E-state index is 12.5. The molecule has 2 aromatic heterocycles. The van der Waals surface area contributed by atoms with E-state index in [2.05, 4.69) is 23.6 Å². The highest BCUT2D eigenvalue weighted by Gasteiger charge is 2.54. The van der Waals surface area contributed by atoms with Crippen LogP contribution in [0.3, 0.4) is 0 Å². The van der Waals surface area contributed by atoms with Gasteiger partial charge in [-0.15, -0.1) is 0 Å². The lowest BCUT2D eigenvalue weighted by molar-refractivity contribution is -0.149. The third-order valence-electron chi connectivity index (χ3n) is 5.98. The van der Waals surface area contributed by atoms with E-state index in [4.69, 9.17) is 29.6 Å². The van der Waals surface area contributed by atoms with Crippen LogP contribution in [0.25, 0.3) is 11.2 Å². The Kier molecular flexibility index (Phi) is 8.66. The van der Waals surface area contributed by atoms with E-state index in [1.807, 2.05) is 30.3 Å². The monoisotopic (exact) mass is 651 g/mol. The number of phosphoric acid groups is 2. The van der Waals surface area contributed by atoms with E-state index in [1.54, 1.807) is 0 Å². The van der Waals surface area contributed by atoms with Crippen molar-refractivity contribution < 1.29 is 65.6 Å². The van der Waals surface area contributed by atoms with Gasteiger partial charge in [-0.1, -0.05) is 30.3 Å². The number of nitrogens with zero attached hydrogens (tertiary/aromatic N) is 4. The van der Waals surface area contributed by atoms with Gasteiger partial charge in [0, 0.05) is 6.42 Å². The summed E-state index contributed by atoms with van der Waals surface area (Å²) in [6.45, 7) is -0.761. The molecule has 0 aliphatic carbocycles. The number of imidazole rings is 1. The smallest absolute Gasteiger partial charge is 0.481 e. The first-order valence-corrected chi connectivity index (χ1v) is 16.7. The zero-order valence-corrected chi connectivity index (χ0v) is 23.8. The van der Waals surface area contributed by atoms with Crippen LogP contribution < -0.4 is 5.73 Å². The maximum Gasteiger partial charge on any atom is 0.488 e. The molecule has 228 valence electrons. The summed E-state index contributed by atoms with van der Waals surface area (Å²) in [6, 6.07) is 9.27. The number of aromatic nitrogens is 4. The van der Waals surface area contributed by atoms with Gasteiger partial charge in [-0.2, -0.15) is 4.31 Å². The van der Waals surface area contributed by atoms with Crippen LogP contribution >= 0.6 is 23.2 Å². The third kappa shape index (κ3) is 7.11. The number of phosphoric ester groups is 1. The number of carbonyl (C=O) groups is 1. The van der Waals surface area contributed by atoms with Gasteiger partial charge in [0.25, 0.3) is 0 Å². The molecule has 4 heterocycles. The van der Waals surface area contributed by atoms with E-state index >= 15 is 0 Å². The summed E-state index contributed by atoms with van der Waals surface area (Å²) in [5.41, 5.74) is 7.37. The van der Waals surface area contributed by atoms with Gasteiger partial charge in [0.2, 0.25) is 0 Å². The van der Waals surface area contributed by atoms with Gasteiger partial charge in [-0.3, -0.25) is 18.5 Å². The molecular formula is C20H24N5O14P3. The summed E-state index contributed by atoms with van der Waals surface area (Å²) < 4.78 is 68.7. The number of aliphatic carboxylic acids is 1. The van der Waals surface area contributed by atoms with Crippen LogP contribution in [0.15, 0.2) is 43.0 Å². The van der Waals surface area contributed by atoms with Crippen molar-refractivity contribution in [2.24, 2.45) is 0 Å². The van der Waals surface area contributed by atoms with Gasteiger partial charge in [0.1, 0.15) is 36.3 Å². The van der Waals surface area contributed by atoms with Crippen LogP contribution in [-0.4, -0.2) is 82.6 Å². The Morgan fingerprint density at radius 2 is 1.69 bits per heavy atom. The van der Waals surface area contributed by atoms with E-state index in [1.165, 1.54) is 17.2 Å². The molecule has 0 bridgehead atoms. The van der Waals surface area contributed by atoms with E-state index in [0.29, 0.717) is 12.1 Å². The Morgan fingerprint density at radius 3 is 2.40 bits per heavy atom. The number of carboxylic acid groups (broad SMARTS) is 1. The Balaban J connectivity index is 1.32. The average Bonchev–Trinajstić information content (AvgIpc) is 3.55. The zero-order chi connectivity index (χ0) is 30.3. The molecule has 2 aliphatic rings. The predicted octanol–water partition coefficient (Wildman–Crippen LogP) is 1.18. The number of rotatable bonds is 12.